The lowest BCUT2D eigenvalue weighted by atomic mass is 10.1. The van der Waals surface area contributed by atoms with Gasteiger partial charge in [0.05, 0.1) is 17.0 Å². The largest absolute Gasteiger partial charge is 0.376 e. The van der Waals surface area contributed by atoms with E-state index in [0.29, 0.717) is 6.04 Å². The van der Waals surface area contributed by atoms with Crippen LogP contribution in [0.3, 0.4) is 0 Å². The fourth-order valence-electron chi connectivity index (χ4n) is 2.54. The molecule has 0 saturated carbocycles. The molecule has 2 rings (SSSR count). The van der Waals surface area contributed by atoms with Crippen LogP contribution in [0.5, 0.6) is 0 Å². The van der Waals surface area contributed by atoms with E-state index in [0.717, 1.165) is 48.7 Å². The van der Waals surface area contributed by atoms with Crippen molar-refractivity contribution in [2.24, 2.45) is 0 Å². The van der Waals surface area contributed by atoms with E-state index in [4.69, 9.17) is 11.5 Å². The van der Waals surface area contributed by atoms with Gasteiger partial charge in [-0.2, -0.15) is 5.10 Å². The van der Waals surface area contributed by atoms with E-state index in [1.54, 1.807) is 0 Å². The van der Waals surface area contributed by atoms with E-state index < -0.39 is 0 Å². The minimum Gasteiger partial charge on any atom is -0.376 e. The Labute approximate surface area is 122 Å². The van der Waals surface area contributed by atoms with Gasteiger partial charge in [-0.3, -0.25) is 9.58 Å². The van der Waals surface area contributed by atoms with Gasteiger partial charge in [0, 0.05) is 39.8 Å². The normalized spacial score (nSPS) is 15.6. The molecular weight excluding hydrogens is 248 g/mol. The van der Waals surface area contributed by atoms with Gasteiger partial charge in [0.25, 0.3) is 0 Å². The zero-order valence-corrected chi connectivity index (χ0v) is 13.0. The quantitative estimate of drug-likeness (QED) is 0.787. The average molecular weight is 272 g/mol. The molecule has 20 heavy (non-hydrogen) atoms. The van der Waals surface area contributed by atoms with Gasteiger partial charge in [-0.15, -0.1) is 6.42 Å². The first-order valence-corrected chi connectivity index (χ1v) is 7.12. The van der Waals surface area contributed by atoms with Gasteiger partial charge in [-0.05, 0) is 20.3 Å². The molecule has 0 spiro atoms. The smallest absolute Gasteiger partial charge is 0.124 e. The summed E-state index contributed by atoms with van der Waals surface area (Å²) < 4.78 is 2.07. The van der Waals surface area contributed by atoms with Gasteiger partial charge in [-0.1, -0.05) is 12.5 Å². The number of aryl methyl sites for hydroxylation is 1. The van der Waals surface area contributed by atoms with Crippen LogP contribution in [-0.2, 0) is 13.1 Å². The molecule has 0 bridgehead atoms. The van der Waals surface area contributed by atoms with Crippen molar-refractivity contribution in [3.8, 4) is 12.3 Å². The van der Waals surface area contributed by atoms with Gasteiger partial charge in [0.15, 0.2) is 0 Å². The van der Waals surface area contributed by atoms with Crippen LogP contribution in [0.15, 0.2) is 6.58 Å². The fourth-order valence-corrected chi connectivity index (χ4v) is 2.54. The average Bonchev–Trinajstić information content (AvgIpc) is 2.60. The van der Waals surface area contributed by atoms with Crippen molar-refractivity contribution in [3.05, 3.63) is 23.5 Å². The SMILES string of the molecule is C#Cc1c(C(=C)N(C)C)nn2c1CN(C(C)C)CCC2. The fraction of sp³-hybridized carbons (Fsp3) is 0.562. The second kappa shape index (κ2) is 5.72. The van der Waals surface area contributed by atoms with E-state index in [-0.39, 0.29) is 0 Å². The van der Waals surface area contributed by atoms with E-state index in [9.17, 15) is 0 Å². The third kappa shape index (κ3) is 2.59. The number of fused-ring (bicyclic) bond motifs is 1. The van der Waals surface area contributed by atoms with E-state index >= 15 is 0 Å². The molecule has 1 aliphatic rings. The first kappa shape index (κ1) is 14.7. The minimum absolute atomic E-state index is 0.516. The summed E-state index contributed by atoms with van der Waals surface area (Å²) in [7, 11) is 3.93. The molecule has 0 aromatic carbocycles. The zero-order chi connectivity index (χ0) is 14.9. The molecule has 1 aromatic heterocycles. The number of hydrogen-bond acceptors (Lipinski definition) is 3. The highest BCUT2D eigenvalue weighted by atomic mass is 15.3. The molecule has 0 aliphatic carbocycles. The Morgan fingerprint density at radius 2 is 2.10 bits per heavy atom. The maximum Gasteiger partial charge on any atom is 0.124 e. The molecule has 0 N–H and O–H groups in total. The van der Waals surface area contributed by atoms with E-state index in [2.05, 4.69) is 35.9 Å². The predicted octanol–water partition coefficient (Wildman–Crippen LogP) is 2.01. The lowest BCUT2D eigenvalue weighted by molar-refractivity contribution is 0.216. The third-order valence-electron chi connectivity index (χ3n) is 3.91. The molecule has 1 aromatic rings. The number of aromatic nitrogens is 2. The van der Waals surface area contributed by atoms with Crippen LogP contribution >= 0.6 is 0 Å². The topological polar surface area (TPSA) is 24.3 Å². The maximum atomic E-state index is 5.75. The third-order valence-corrected chi connectivity index (χ3v) is 3.91. The second-order valence-electron chi connectivity index (χ2n) is 5.80. The Morgan fingerprint density at radius 1 is 1.40 bits per heavy atom. The molecule has 0 unspecified atom stereocenters. The molecule has 0 amide bonds. The van der Waals surface area contributed by atoms with E-state index in [1.807, 2.05) is 19.0 Å². The van der Waals surface area contributed by atoms with Gasteiger partial charge in [0.2, 0.25) is 0 Å². The highest BCUT2D eigenvalue weighted by Gasteiger charge is 2.24. The molecule has 108 valence electrons. The van der Waals surface area contributed by atoms with Crippen LogP contribution in [0.1, 0.15) is 37.2 Å². The van der Waals surface area contributed by atoms with Crippen molar-refractivity contribution in [2.45, 2.75) is 39.4 Å². The van der Waals surface area contributed by atoms with Crippen molar-refractivity contribution in [3.63, 3.8) is 0 Å². The van der Waals surface area contributed by atoms with Gasteiger partial charge in [0.1, 0.15) is 5.69 Å². The van der Waals surface area contributed by atoms with Crippen molar-refractivity contribution < 1.29 is 0 Å². The summed E-state index contributed by atoms with van der Waals surface area (Å²) in [5.74, 6) is 2.83. The van der Waals surface area contributed by atoms with Crippen LogP contribution in [0.4, 0.5) is 0 Å². The number of terminal acetylenes is 1. The molecule has 0 radical (unpaired) electrons. The van der Waals surface area contributed by atoms with Gasteiger partial charge < -0.3 is 4.90 Å². The van der Waals surface area contributed by atoms with Crippen molar-refractivity contribution in [2.75, 3.05) is 20.6 Å². The van der Waals surface area contributed by atoms with Crippen LogP contribution in [0.25, 0.3) is 5.70 Å². The monoisotopic (exact) mass is 272 g/mol. The Hall–Kier alpha value is -1.73. The first-order valence-electron chi connectivity index (χ1n) is 7.12. The first-order chi connectivity index (χ1) is 9.45. The molecule has 1 aliphatic heterocycles. The molecule has 4 nitrogen and oxygen atoms in total. The maximum absolute atomic E-state index is 5.75. The summed E-state index contributed by atoms with van der Waals surface area (Å²) >= 11 is 0. The minimum atomic E-state index is 0.516. The Bertz CT molecular complexity index is 546. The van der Waals surface area contributed by atoms with Crippen LogP contribution < -0.4 is 0 Å². The molecule has 4 heteroatoms. The van der Waals surface area contributed by atoms with Crippen molar-refractivity contribution in [1.29, 1.82) is 0 Å². The van der Waals surface area contributed by atoms with Crippen LogP contribution in [0.2, 0.25) is 0 Å². The highest BCUT2D eigenvalue weighted by molar-refractivity contribution is 5.65. The molecule has 0 atom stereocenters. The lowest BCUT2D eigenvalue weighted by Crippen LogP contribution is -2.30. The number of rotatable bonds is 3. The van der Waals surface area contributed by atoms with Crippen LogP contribution in [0, 0.1) is 12.3 Å². The Balaban J connectivity index is 2.45. The van der Waals surface area contributed by atoms with Crippen LogP contribution in [-0.4, -0.2) is 46.3 Å². The van der Waals surface area contributed by atoms with E-state index in [1.165, 1.54) is 0 Å². The Kier molecular flexibility index (Phi) is 4.20. The summed E-state index contributed by atoms with van der Waals surface area (Å²) in [6, 6.07) is 0.516. The Morgan fingerprint density at radius 3 is 2.65 bits per heavy atom. The highest BCUT2D eigenvalue weighted by Crippen LogP contribution is 2.25. The lowest BCUT2D eigenvalue weighted by Gasteiger charge is -2.24. The summed E-state index contributed by atoms with van der Waals surface area (Å²) in [4.78, 5) is 4.41. The second-order valence-corrected chi connectivity index (χ2v) is 5.80. The summed E-state index contributed by atoms with van der Waals surface area (Å²) in [5.41, 5.74) is 3.76. The number of hydrogen-bond donors (Lipinski definition) is 0. The molecule has 2 heterocycles. The summed E-state index contributed by atoms with van der Waals surface area (Å²) in [6.07, 6.45) is 6.85. The molecule has 0 fully saturated rings. The number of nitrogens with zero attached hydrogens (tertiary/aromatic N) is 4. The zero-order valence-electron chi connectivity index (χ0n) is 13.0. The molecule has 0 saturated heterocycles. The predicted molar refractivity (Wildman–Crippen MR) is 83.0 cm³/mol. The molecular formula is C16H24N4. The van der Waals surface area contributed by atoms with Gasteiger partial charge >= 0.3 is 0 Å². The van der Waals surface area contributed by atoms with Gasteiger partial charge in [-0.25, -0.2) is 0 Å². The van der Waals surface area contributed by atoms with Crippen molar-refractivity contribution in [1.82, 2.24) is 19.6 Å². The summed E-state index contributed by atoms with van der Waals surface area (Å²) in [6.45, 7) is 11.4. The standard InChI is InChI=1S/C16H24N4/c1-7-14-15-11-19(12(2)3)9-8-10-20(15)17-16(14)13(4)18(5)6/h1,12H,4,8-11H2,2-3,5-6H3. The summed E-state index contributed by atoms with van der Waals surface area (Å²) in [5, 5.41) is 4.70. The van der Waals surface area contributed by atoms with Crippen molar-refractivity contribution >= 4 is 5.70 Å².